The lowest BCUT2D eigenvalue weighted by atomic mass is 10.0. The minimum atomic E-state index is 0.330. The molecule has 3 nitrogen and oxygen atoms in total. The maximum atomic E-state index is 6.15. The van der Waals surface area contributed by atoms with E-state index in [1.54, 1.807) is 0 Å². The third kappa shape index (κ3) is 2.27. The van der Waals surface area contributed by atoms with E-state index in [0.717, 1.165) is 25.7 Å². The highest BCUT2D eigenvalue weighted by atomic mass is 16.5. The fourth-order valence-corrected chi connectivity index (χ4v) is 2.36. The molecule has 2 aliphatic rings. The molecule has 2 fully saturated rings. The maximum absolute atomic E-state index is 6.15. The molecular weight excluding hydrogens is 176 g/mol. The van der Waals surface area contributed by atoms with Gasteiger partial charge in [0.15, 0.2) is 0 Å². The number of hydrogen-bond acceptors (Lipinski definition) is 3. The zero-order valence-corrected chi connectivity index (χ0v) is 9.11. The lowest BCUT2D eigenvalue weighted by Crippen LogP contribution is -2.54. The van der Waals surface area contributed by atoms with Crippen LogP contribution in [0.5, 0.6) is 0 Å². The lowest BCUT2D eigenvalue weighted by molar-refractivity contribution is 0.00237. The van der Waals surface area contributed by atoms with Crippen LogP contribution in [0.15, 0.2) is 0 Å². The molecule has 0 spiro atoms. The van der Waals surface area contributed by atoms with Crippen LogP contribution in [-0.2, 0) is 4.74 Å². The average Bonchev–Trinajstić information content (AvgIpc) is 2.99. The van der Waals surface area contributed by atoms with Gasteiger partial charge in [0.25, 0.3) is 0 Å². The molecule has 0 aromatic heterocycles. The molecule has 0 aromatic rings. The van der Waals surface area contributed by atoms with Crippen molar-refractivity contribution < 1.29 is 4.74 Å². The molecular formula is C11H22N2O. The quantitative estimate of drug-likeness (QED) is 0.731. The molecule has 1 heterocycles. The summed E-state index contributed by atoms with van der Waals surface area (Å²) in [4.78, 5) is 2.59. The molecule has 0 radical (unpaired) electrons. The first kappa shape index (κ1) is 10.4. The van der Waals surface area contributed by atoms with E-state index in [9.17, 15) is 0 Å². The zero-order valence-electron chi connectivity index (χ0n) is 9.11. The number of nitrogens with two attached hydrogens (primary N) is 1. The molecule has 0 amide bonds. The molecule has 2 N–H and O–H groups in total. The van der Waals surface area contributed by atoms with Gasteiger partial charge in [-0.15, -0.1) is 0 Å². The van der Waals surface area contributed by atoms with E-state index in [4.69, 9.17) is 10.5 Å². The highest BCUT2D eigenvalue weighted by molar-refractivity contribution is 4.93. The summed E-state index contributed by atoms with van der Waals surface area (Å²) in [5.74, 6) is 0. The minimum absolute atomic E-state index is 0.330. The molecule has 14 heavy (non-hydrogen) atoms. The van der Waals surface area contributed by atoms with Gasteiger partial charge in [0, 0.05) is 24.7 Å². The SMILES string of the molecule is CCCN(C1CC1)C1COCCC1N. The third-order valence-corrected chi connectivity index (χ3v) is 3.30. The Balaban J connectivity index is 1.93. The molecule has 0 aromatic carbocycles. The molecule has 2 rings (SSSR count). The molecule has 2 atom stereocenters. The van der Waals surface area contributed by atoms with E-state index >= 15 is 0 Å². The molecule has 1 saturated heterocycles. The Morgan fingerprint density at radius 2 is 2.14 bits per heavy atom. The van der Waals surface area contributed by atoms with E-state index in [0.29, 0.717) is 12.1 Å². The van der Waals surface area contributed by atoms with Gasteiger partial charge in [-0.3, -0.25) is 4.90 Å². The first-order valence-corrected chi connectivity index (χ1v) is 5.92. The highest BCUT2D eigenvalue weighted by Crippen LogP contribution is 2.30. The summed E-state index contributed by atoms with van der Waals surface area (Å²) in [7, 11) is 0. The predicted molar refractivity (Wildman–Crippen MR) is 57.2 cm³/mol. The van der Waals surface area contributed by atoms with Crippen molar-refractivity contribution in [3.8, 4) is 0 Å². The highest BCUT2D eigenvalue weighted by Gasteiger charge is 2.37. The van der Waals surface area contributed by atoms with Gasteiger partial charge >= 0.3 is 0 Å². The van der Waals surface area contributed by atoms with E-state index in [1.165, 1.54) is 25.8 Å². The first-order chi connectivity index (χ1) is 6.83. The Kier molecular flexibility index (Phi) is 3.42. The fraction of sp³-hybridized carbons (Fsp3) is 1.00. The topological polar surface area (TPSA) is 38.5 Å². The van der Waals surface area contributed by atoms with Gasteiger partial charge in [-0.25, -0.2) is 0 Å². The largest absolute Gasteiger partial charge is 0.380 e. The third-order valence-electron chi connectivity index (χ3n) is 3.30. The molecule has 1 aliphatic heterocycles. The first-order valence-electron chi connectivity index (χ1n) is 5.92. The van der Waals surface area contributed by atoms with Crippen molar-refractivity contribution in [1.82, 2.24) is 4.90 Å². The van der Waals surface area contributed by atoms with Crippen LogP contribution in [0, 0.1) is 0 Å². The zero-order chi connectivity index (χ0) is 9.97. The summed E-state index contributed by atoms with van der Waals surface area (Å²) in [6.45, 7) is 5.12. The van der Waals surface area contributed by atoms with Gasteiger partial charge in [-0.2, -0.15) is 0 Å². The van der Waals surface area contributed by atoms with Crippen molar-refractivity contribution in [1.29, 1.82) is 0 Å². The average molecular weight is 198 g/mol. The lowest BCUT2D eigenvalue weighted by Gasteiger charge is -2.38. The Bertz CT molecular complexity index is 180. The van der Waals surface area contributed by atoms with Crippen molar-refractivity contribution >= 4 is 0 Å². The molecule has 1 saturated carbocycles. The van der Waals surface area contributed by atoms with Crippen LogP contribution in [0.3, 0.4) is 0 Å². The second-order valence-electron chi connectivity index (χ2n) is 4.56. The van der Waals surface area contributed by atoms with Crippen LogP contribution < -0.4 is 5.73 Å². The van der Waals surface area contributed by atoms with Crippen LogP contribution in [0.4, 0.5) is 0 Å². The van der Waals surface area contributed by atoms with E-state index in [-0.39, 0.29) is 0 Å². The van der Waals surface area contributed by atoms with Crippen LogP contribution in [0.1, 0.15) is 32.6 Å². The molecule has 1 aliphatic carbocycles. The Morgan fingerprint density at radius 1 is 1.36 bits per heavy atom. The summed E-state index contributed by atoms with van der Waals surface area (Å²) in [6.07, 6.45) is 4.98. The summed E-state index contributed by atoms with van der Waals surface area (Å²) in [5.41, 5.74) is 6.15. The van der Waals surface area contributed by atoms with Crippen molar-refractivity contribution in [3.05, 3.63) is 0 Å². The summed E-state index contributed by atoms with van der Waals surface area (Å²) in [6, 6.07) is 1.62. The number of hydrogen-bond donors (Lipinski definition) is 1. The van der Waals surface area contributed by atoms with Crippen molar-refractivity contribution in [2.24, 2.45) is 5.73 Å². The van der Waals surface area contributed by atoms with Crippen LogP contribution in [0.2, 0.25) is 0 Å². The van der Waals surface area contributed by atoms with E-state index < -0.39 is 0 Å². The van der Waals surface area contributed by atoms with Crippen molar-refractivity contribution in [2.45, 2.75) is 50.7 Å². The summed E-state index contributed by atoms with van der Waals surface area (Å²) >= 11 is 0. The van der Waals surface area contributed by atoms with Crippen LogP contribution in [0.25, 0.3) is 0 Å². The van der Waals surface area contributed by atoms with Gasteiger partial charge < -0.3 is 10.5 Å². The standard InChI is InChI=1S/C11H22N2O/c1-2-6-13(9-3-4-9)11-8-14-7-5-10(11)12/h9-11H,2-8,12H2,1H3. The minimum Gasteiger partial charge on any atom is -0.380 e. The van der Waals surface area contributed by atoms with E-state index in [2.05, 4.69) is 11.8 Å². The van der Waals surface area contributed by atoms with Crippen LogP contribution in [-0.4, -0.2) is 42.8 Å². The summed E-state index contributed by atoms with van der Waals surface area (Å²) in [5, 5.41) is 0. The Labute approximate surface area is 86.6 Å². The molecule has 2 unspecified atom stereocenters. The van der Waals surface area contributed by atoms with Crippen LogP contribution >= 0.6 is 0 Å². The molecule has 82 valence electrons. The smallest absolute Gasteiger partial charge is 0.0637 e. The second-order valence-corrected chi connectivity index (χ2v) is 4.56. The Hall–Kier alpha value is -0.120. The molecule has 0 bridgehead atoms. The maximum Gasteiger partial charge on any atom is 0.0637 e. The van der Waals surface area contributed by atoms with Gasteiger partial charge in [0.05, 0.1) is 6.61 Å². The fourth-order valence-electron chi connectivity index (χ4n) is 2.36. The van der Waals surface area contributed by atoms with Gasteiger partial charge in [0.1, 0.15) is 0 Å². The van der Waals surface area contributed by atoms with Gasteiger partial charge in [-0.05, 0) is 32.2 Å². The van der Waals surface area contributed by atoms with E-state index in [1.807, 2.05) is 0 Å². The number of ether oxygens (including phenoxy) is 1. The van der Waals surface area contributed by atoms with Crippen molar-refractivity contribution in [3.63, 3.8) is 0 Å². The number of nitrogens with zero attached hydrogens (tertiary/aromatic N) is 1. The second kappa shape index (κ2) is 4.60. The van der Waals surface area contributed by atoms with Crippen molar-refractivity contribution in [2.75, 3.05) is 19.8 Å². The summed E-state index contributed by atoms with van der Waals surface area (Å²) < 4.78 is 5.54. The molecule has 3 heteroatoms. The van der Waals surface area contributed by atoms with Gasteiger partial charge in [0.2, 0.25) is 0 Å². The predicted octanol–water partition coefficient (Wildman–Crippen LogP) is 0.977. The Morgan fingerprint density at radius 3 is 2.71 bits per heavy atom. The monoisotopic (exact) mass is 198 g/mol. The normalized spacial score (nSPS) is 33.6. The number of rotatable bonds is 4. The van der Waals surface area contributed by atoms with Gasteiger partial charge in [-0.1, -0.05) is 6.92 Å².